The summed E-state index contributed by atoms with van der Waals surface area (Å²) in [6, 6.07) is 1.99. The average molecular weight is 209 g/mol. The first-order chi connectivity index (χ1) is 7.18. The molecular weight excluding hydrogens is 190 g/mol. The van der Waals surface area contributed by atoms with Crippen LogP contribution < -0.4 is 5.73 Å². The molecule has 2 unspecified atom stereocenters. The molecule has 0 bridgehead atoms. The Morgan fingerprint density at radius 1 is 1.40 bits per heavy atom. The van der Waals surface area contributed by atoms with Gasteiger partial charge in [-0.2, -0.15) is 0 Å². The molecule has 1 saturated heterocycles. The summed E-state index contributed by atoms with van der Waals surface area (Å²) >= 11 is 0. The van der Waals surface area contributed by atoms with E-state index >= 15 is 0 Å². The fraction of sp³-hybridized carbons (Fsp3) is 0.667. The fourth-order valence-corrected chi connectivity index (χ4v) is 2.23. The van der Waals surface area contributed by atoms with Crippen LogP contribution in [-0.4, -0.2) is 12.7 Å². The van der Waals surface area contributed by atoms with Crippen molar-refractivity contribution in [3.8, 4) is 0 Å². The Morgan fingerprint density at radius 3 is 2.73 bits per heavy atom. The lowest BCUT2D eigenvalue weighted by atomic mass is 9.97. The summed E-state index contributed by atoms with van der Waals surface area (Å²) < 4.78 is 11.2. The lowest BCUT2D eigenvalue weighted by molar-refractivity contribution is -0.000241. The van der Waals surface area contributed by atoms with Gasteiger partial charge >= 0.3 is 0 Å². The molecule has 2 atom stereocenters. The summed E-state index contributed by atoms with van der Waals surface area (Å²) in [4.78, 5) is 0. The Morgan fingerprint density at radius 2 is 2.20 bits per heavy atom. The molecule has 0 aromatic carbocycles. The van der Waals surface area contributed by atoms with Crippen LogP contribution in [0.4, 0.5) is 0 Å². The molecule has 2 rings (SSSR count). The van der Waals surface area contributed by atoms with Crippen molar-refractivity contribution in [1.29, 1.82) is 0 Å². The van der Waals surface area contributed by atoms with Crippen LogP contribution in [0, 0.1) is 13.8 Å². The van der Waals surface area contributed by atoms with Crippen molar-refractivity contribution in [3.63, 3.8) is 0 Å². The zero-order valence-electron chi connectivity index (χ0n) is 9.45. The minimum absolute atomic E-state index is 0.0391. The van der Waals surface area contributed by atoms with Gasteiger partial charge in [-0.3, -0.25) is 0 Å². The molecule has 0 saturated carbocycles. The van der Waals surface area contributed by atoms with E-state index in [2.05, 4.69) is 0 Å². The van der Waals surface area contributed by atoms with Gasteiger partial charge in [0.25, 0.3) is 0 Å². The van der Waals surface area contributed by atoms with E-state index in [1.807, 2.05) is 19.9 Å². The monoisotopic (exact) mass is 209 g/mol. The number of ether oxygens (including phenoxy) is 1. The molecule has 0 radical (unpaired) electrons. The average Bonchev–Trinajstić information content (AvgIpc) is 2.58. The van der Waals surface area contributed by atoms with Gasteiger partial charge in [-0.1, -0.05) is 0 Å². The van der Waals surface area contributed by atoms with Gasteiger partial charge in [-0.05, 0) is 39.2 Å². The maximum atomic E-state index is 6.20. The summed E-state index contributed by atoms with van der Waals surface area (Å²) in [7, 11) is 0. The van der Waals surface area contributed by atoms with Gasteiger partial charge < -0.3 is 14.9 Å². The van der Waals surface area contributed by atoms with Gasteiger partial charge in [0.05, 0.1) is 12.1 Å². The molecule has 84 valence electrons. The molecule has 0 spiro atoms. The third-order valence-electron chi connectivity index (χ3n) is 3.05. The Bertz CT molecular complexity index is 326. The van der Waals surface area contributed by atoms with E-state index in [1.165, 1.54) is 6.42 Å². The zero-order chi connectivity index (χ0) is 10.8. The highest BCUT2D eigenvalue weighted by molar-refractivity contribution is 5.24. The molecule has 2 N–H and O–H groups in total. The molecule has 1 aliphatic rings. The predicted octanol–water partition coefficient (Wildman–Crippen LogP) is 2.47. The Hall–Kier alpha value is -0.800. The third kappa shape index (κ3) is 2.24. The van der Waals surface area contributed by atoms with Crippen LogP contribution in [0.15, 0.2) is 10.5 Å². The highest BCUT2D eigenvalue weighted by atomic mass is 16.5. The molecule has 3 nitrogen and oxygen atoms in total. The van der Waals surface area contributed by atoms with Gasteiger partial charge in [-0.15, -0.1) is 0 Å². The number of furan rings is 1. The lowest BCUT2D eigenvalue weighted by Gasteiger charge is -2.27. The second-order valence-corrected chi connectivity index (χ2v) is 4.30. The maximum Gasteiger partial charge on any atom is 0.105 e. The number of nitrogens with two attached hydrogens (primary N) is 1. The van der Waals surface area contributed by atoms with Crippen molar-refractivity contribution >= 4 is 0 Å². The largest absolute Gasteiger partial charge is 0.466 e. The van der Waals surface area contributed by atoms with Crippen molar-refractivity contribution in [2.45, 2.75) is 45.3 Å². The fourth-order valence-electron chi connectivity index (χ4n) is 2.23. The van der Waals surface area contributed by atoms with Crippen molar-refractivity contribution in [2.24, 2.45) is 5.73 Å². The number of hydrogen-bond acceptors (Lipinski definition) is 3. The van der Waals surface area contributed by atoms with Crippen LogP contribution in [-0.2, 0) is 4.74 Å². The number of aryl methyl sites for hydroxylation is 2. The highest BCUT2D eigenvalue weighted by Crippen LogP contribution is 2.28. The van der Waals surface area contributed by atoms with Gasteiger partial charge in [0.2, 0.25) is 0 Å². The topological polar surface area (TPSA) is 48.4 Å². The quantitative estimate of drug-likeness (QED) is 0.814. The van der Waals surface area contributed by atoms with Crippen molar-refractivity contribution in [1.82, 2.24) is 0 Å². The van der Waals surface area contributed by atoms with Gasteiger partial charge in [0, 0.05) is 12.2 Å². The standard InChI is InChI=1S/C12H19NO2/c1-8-7-10(9(2)15-8)12(13)11-5-3-4-6-14-11/h7,11-12H,3-6,13H2,1-2H3. The first-order valence-electron chi connectivity index (χ1n) is 5.62. The predicted molar refractivity (Wildman–Crippen MR) is 58.7 cm³/mol. The van der Waals surface area contributed by atoms with E-state index in [0.717, 1.165) is 36.5 Å². The summed E-state index contributed by atoms with van der Waals surface area (Å²) in [5.41, 5.74) is 7.30. The maximum absolute atomic E-state index is 6.20. The smallest absolute Gasteiger partial charge is 0.105 e. The zero-order valence-corrected chi connectivity index (χ0v) is 9.45. The second-order valence-electron chi connectivity index (χ2n) is 4.30. The van der Waals surface area contributed by atoms with E-state index in [4.69, 9.17) is 14.9 Å². The molecule has 1 aliphatic heterocycles. The molecule has 3 heteroatoms. The third-order valence-corrected chi connectivity index (χ3v) is 3.05. The molecule has 0 aliphatic carbocycles. The van der Waals surface area contributed by atoms with Crippen LogP contribution in [0.5, 0.6) is 0 Å². The van der Waals surface area contributed by atoms with Crippen LogP contribution in [0.2, 0.25) is 0 Å². The Labute approximate surface area is 90.6 Å². The summed E-state index contributed by atoms with van der Waals surface area (Å²) in [6.07, 6.45) is 3.60. The number of rotatable bonds is 2. The second kappa shape index (κ2) is 4.37. The Kier molecular flexibility index (Phi) is 3.12. The summed E-state index contributed by atoms with van der Waals surface area (Å²) in [5.74, 6) is 1.85. The van der Waals surface area contributed by atoms with E-state index in [9.17, 15) is 0 Å². The van der Waals surface area contributed by atoms with Gasteiger partial charge in [-0.25, -0.2) is 0 Å². The molecule has 15 heavy (non-hydrogen) atoms. The minimum atomic E-state index is -0.0391. The van der Waals surface area contributed by atoms with Crippen LogP contribution in [0.3, 0.4) is 0 Å². The molecular formula is C12H19NO2. The first kappa shape index (κ1) is 10.7. The van der Waals surface area contributed by atoms with E-state index in [1.54, 1.807) is 0 Å². The SMILES string of the molecule is Cc1cc(C(N)C2CCCCO2)c(C)o1. The van der Waals surface area contributed by atoms with Crippen molar-refractivity contribution in [2.75, 3.05) is 6.61 Å². The van der Waals surface area contributed by atoms with Gasteiger partial charge in [0.15, 0.2) is 0 Å². The molecule has 1 aromatic heterocycles. The molecule has 1 fully saturated rings. The molecule has 0 amide bonds. The molecule has 2 heterocycles. The van der Waals surface area contributed by atoms with Crippen molar-refractivity contribution in [3.05, 3.63) is 23.2 Å². The lowest BCUT2D eigenvalue weighted by Crippen LogP contribution is -2.32. The Balaban J connectivity index is 2.12. The summed E-state index contributed by atoms with van der Waals surface area (Å²) in [5, 5.41) is 0. The summed E-state index contributed by atoms with van der Waals surface area (Å²) in [6.45, 7) is 4.75. The van der Waals surface area contributed by atoms with Crippen LogP contribution >= 0.6 is 0 Å². The number of hydrogen-bond donors (Lipinski definition) is 1. The van der Waals surface area contributed by atoms with Gasteiger partial charge in [0.1, 0.15) is 11.5 Å². The highest BCUT2D eigenvalue weighted by Gasteiger charge is 2.25. The first-order valence-corrected chi connectivity index (χ1v) is 5.62. The van der Waals surface area contributed by atoms with E-state index < -0.39 is 0 Å². The van der Waals surface area contributed by atoms with Crippen molar-refractivity contribution < 1.29 is 9.15 Å². The normalized spacial score (nSPS) is 24.1. The van der Waals surface area contributed by atoms with Crippen LogP contribution in [0.1, 0.15) is 42.4 Å². The van der Waals surface area contributed by atoms with E-state index in [0.29, 0.717) is 0 Å². The van der Waals surface area contributed by atoms with Crippen LogP contribution in [0.25, 0.3) is 0 Å². The van der Waals surface area contributed by atoms with E-state index in [-0.39, 0.29) is 12.1 Å². The minimum Gasteiger partial charge on any atom is -0.466 e. The molecule has 1 aromatic rings.